The first-order valence-corrected chi connectivity index (χ1v) is 9.05. The lowest BCUT2D eigenvalue weighted by Crippen LogP contribution is -2.13. The molecule has 0 fully saturated rings. The van der Waals surface area contributed by atoms with Crippen LogP contribution in [0.5, 0.6) is 11.5 Å². The Hall–Kier alpha value is -3.27. The molecule has 0 amide bonds. The maximum atomic E-state index is 6.15. The second-order valence-electron chi connectivity index (χ2n) is 6.43. The van der Waals surface area contributed by atoms with Crippen LogP contribution in [-0.4, -0.2) is 16.7 Å². The summed E-state index contributed by atoms with van der Waals surface area (Å²) in [6, 6.07) is 26.1. The van der Waals surface area contributed by atoms with Gasteiger partial charge in [0.2, 0.25) is 0 Å². The van der Waals surface area contributed by atoms with Gasteiger partial charge in [0.15, 0.2) is 11.9 Å². The summed E-state index contributed by atoms with van der Waals surface area (Å²) in [5.74, 6) is 2.60. The van der Waals surface area contributed by atoms with E-state index < -0.39 is 0 Å². The van der Waals surface area contributed by atoms with Crippen molar-refractivity contribution in [3.05, 3.63) is 90.3 Å². The zero-order valence-corrected chi connectivity index (χ0v) is 15.5. The van der Waals surface area contributed by atoms with Crippen molar-refractivity contribution in [2.45, 2.75) is 19.6 Å². The molecule has 4 nitrogen and oxygen atoms in total. The maximum Gasteiger partial charge on any atom is 0.153 e. The monoisotopic (exact) mass is 358 g/mol. The predicted octanol–water partition coefficient (Wildman–Crippen LogP) is 5.23. The van der Waals surface area contributed by atoms with Crippen LogP contribution in [0.15, 0.2) is 78.9 Å². The van der Waals surface area contributed by atoms with Crippen molar-refractivity contribution in [2.24, 2.45) is 0 Å². The van der Waals surface area contributed by atoms with Gasteiger partial charge >= 0.3 is 0 Å². The van der Waals surface area contributed by atoms with Gasteiger partial charge in [0.25, 0.3) is 0 Å². The van der Waals surface area contributed by atoms with Crippen LogP contribution >= 0.6 is 0 Å². The third kappa shape index (κ3) is 3.51. The number of rotatable bonds is 6. The second-order valence-corrected chi connectivity index (χ2v) is 6.43. The fourth-order valence-electron chi connectivity index (χ4n) is 3.33. The number of para-hydroxylation sites is 4. The van der Waals surface area contributed by atoms with Gasteiger partial charge in [-0.15, -0.1) is 0 Å². The summed E-state index contributed by atoms with van der Waals surface area (Å²) < 4.78 is 13.9. The van der Waals surface area contributed by atoms with Crippen LogP contribution in [-0.2, 0) is 6.54 Å². The van der Waals surface area contributed by atoms with E-state index in [1.165, 1.54) is 0 Å². The zero-order chi connectivity index (χ0) is 18.6. The molecule has 4 aromatic rings. The first-order valence-electron chi connectivity index (χ1n) is 9.05. The molecule has 4 heteroatoms. The van der Waals surface area contributed by atoms with E-state index >= 15 is 0 Å². The van der Waals surface area contributed by atoms with Crippen LogP contribution in [0, 0.1) is 0 Å². The molecule has 0 spiro atoms. The third-order valence-electron chi connectivity index (χ3n) is 4.62. The molecule has 0 bridgehead atoms. The fraction of sp³-hybridized carbons (Fsp3) is 0.174. The highest BCUT2D eigenvalue weighted by atomic mass is 16.5. The second kappa shape index (κ2) is 7.54. The number of ether oxygens (including phenoxy) is 2. The van der Waals surface area contributed by atoms with E-state index in [1.807, 2.05) is 73.7 Å². The minimum absolute atomic E-state index is 0.186. The molecule has 4 rings (SSSR count). The highest BCUT2D eigenvalue weighted by Gasteiger charge is 2.19. The Balaban J connectivity index is 1.75. The number of benzene rings is 3. The van der Waals surface area contributed by atoms with Gasteiger partial charge in [-0.3, -0.25) is 0 Å². The SMILES string of the molecule is COc1ccccc1Cn1c(C(C)Oc2ccccc2)nc2ccccc21. The molecule has 1 aromatic heterocycles. The number of imidazole rings is 1. The lowest BCUT2D eigenvalue weighted by atomic mass is 10.2. The number of hydrogen-bond donors (Lipinski definition) is 0. The highest BCUT2D eigenvalue weighted by Crippen LogP contribution is 2.28. The Bertz CT molecular complexity index is 1040. The number of hydrogen-bond acceptors (Lipinski definition) is 3. The Morgan fingerprint density at radius 1 is 0.889 bits per heavy atom. The van der Waals surface area contributed by atoms with E-state index in [9.17, 15) is 0 Å². The van der Waals surface area contributed by atoms with E-state index in [2.05, 4.69) is 16.7 Å². The van der Waals surface area contributed by atoms with E-state index in [4.69, 9.17) is 14.5 Å². The molecule has 0 aliphatic carbocycles. The van der Waals surface area contributed by atoms with E-state index in [0.29, 0.717) is 6.54 Å². The first kappa shape index (κ1) is 17.2. The number of methoxy groups -OCH3 is 1. The molecule has 3 aromatic carbocycles. The Labute approximate surface area is 159 Å². The average Bonchev–Trinajstić information content (AvgIpc) is 3.08. The molecule has 1 heterocycles. The van der Waals surface area contributed by atoms with Crippen molar-refractivity contribution in [1.82, 2.24) is 9.55 Å². The summed E-state index contributed by atoms with van der Waals surface area (Å²) in [4.78, 5) is 4.86. The molecule has 0 saturated carbocycles. The van der Waals surface area contributed by atoms with Gasteiger partial charge in [-0.05, 0) is 37.3 Å². The Morgan fingerprint density at radius 2 is 1.59 bits per heavy atom. The normalized spacial score (nSPS) is 12.1. The first-order chi connectivity index (χ1) is 13.3. The maximum absolute atomic E-state index is 6.15. The van der Waals surface area contributed by atoms with Crippen LogP contribution in [0.4, 0.5) is 0 Å². The van der Waals surface area contributed by atoms with Gasteiger partial charge in [-0.1, -0.05) is 48.5 Å². The molecule has 0 aliphatic rings. The van der Waals surface area contributed by atoms with E-state index in [-0.39, 0.29) is 6.10 Å². The minimum Gasteiger partial charge on any atom is -0.496 e. The van der Waals surface area contributed by atoms with Crippen LogP contribution in [0.2, 0.25) is 0 Å². The van der Waals surface area contributed by atoms with Crippen molar-refractivity contribution in [3.8, 4) is 11.5 Å². The highest BCUT2D eigenvalue weighted by molar-refractivity contribution is 5.76. The summed E-state index contributed by atoms with van der Waals surface area (Å²) in [6.07, 6.45) is -0.186. The zero-order valence-electron chi connectivity index (χ0n) is 15.5. The molecular weight excluding hydrogens is 336 g/mol. The summed E-state index contributed by atoms with van der Waals surface area (Å²) in [5.41, 5.74) is 3.16. The van der Waals surface area contributed by atoms with E-state index in [0.717, 1.165) is 33.9 Å². The van der Waals surface area contributed by atoms with Crippen LogP contribution < -0.4 is 9.47 Å². The Morgan fingerprint density at radius 3 is 2.41 bits per heavy atom. The van der Waals surface area contributed by atoms with Crippen molar-refractivity contribution >= 4 is 11.0 Å². The molecule has 1 unspecified atom stereocenters. The molecule has 27 heavy (non-hydrogen) atoms. The van der Waals surface area contributed by atoms with Gasteiger partial charge in [0, 0.05) is 5.56 Å². The summed E-state index contributed by atoms with van der Waals surface area (Å²) in [5, 5.41) is 0. The summed E-state index contributed by atoms with van der Waals surface area (Å²) >= 11 is 0. The smallest absolute Gasteiger partial charge is 0.153 e. The fourth-order valence-corrected chi connectivity index (χ4v) is 3.33. The molecular formula is C23H22N2O2. The Kier molecular flexibility index (Phi) is 4.79. The van der Waals surface area contributed by atoms with Crippen molar-refractivity contribution < 1.29 is 9.47 Å². The predicted molar refractivity (Wildman–Crippen MR) is 107 cm³/mol. The topological polar surface area (TPSA) is 36.3 Å². The third-order valence-corrected chi connectivity index (χ3v) is 4.62. The molecule has 1 atom stereocenters. The van der Waals surface area contributed by atoms with Crippen molar-refractivity contribution in [1.29, 1.82) is 0 Å². The van der Waals surface area contributed by atoms with Crippen LogP contribution in [0.1, 0.15) is 24.4 Å². The molecule has 136 valence electrons. The molecule has 0 aliphatic heterocycles. The average molecular weight is 358 g/mol. The van der Waals surface area contributed by atoms with Crippen molar-refractivity contribution in [3.63, 3.8) is 0 Å². The van der Waals surface area contributed by atoms with E-state index in [1.54, 1.807) is 7.11 Å². The van der Waals surface area contributed by atoms with Gasteiger partial charge in [-0.2, -0.15) is 0 Å². The number of fused-ring (bicyclic) bond motifs is 1. The van der Waals surface area contributed by atoms with Crippen molar-refractivity contribution in [2.75, 3.05) is 7.11 Å². The standard InChI is InChI=1S/C23H22N2O2/c1-17(27-19-11-4-3-5-12-19)23-24-20-13-7-8-14-21(20)25(23)16-18-10-6-9-15-22(18)26-2/h3-15,17H,16H2,1-2H3. The van der Waals surface area contributed by atoms with Gasteiger partial charge in [0.05, 0.1) is 24.7 Å². The minimum atomic E-state index is -0.186. The van der Waals surface area contributed by atoms with Gasteiger partial charge in [0.1, 0.15) is 11.5 Å². The van der Waals surface area contributed by atoms with Gasteiger partial charge < -0.3 is 14.0 Å². The quantitative estimate of drug-likeness (QED) is 0.473. The number of aromatic nitrogens is 2. The molecule has 0 N–H and O–H groups in total. The summed E-state index contributed by atoms with van der Waals surface area (Å²) in [6.45, 7) is 2.70. The summed E-state index contributed by atoms with van der Waals surface area (Å²) in [7, 11) is 1.70. The van der Waals surface area contributed by atoms with Crippen LogP contribution in [0.3, 0.4) is 0 Å². The van der Waals surface area contributed by atoms with Crippen LogP contribution in [0.25, 0.3) is 11.0 Å². The number of nitrogens with zero attached hydrogens (tertiary/aromatic N) is 2. The molecule has 0 saturated heterocycles. The van der Waals surface area contributed by atoms with Gasteiger partial charge in [-0.25, -0.2) is 4.98 Å². The lowest BCUT2D eigenvalue weighted by molar-refractivity contribution is 0.212. The largest absolute Gasteiger partial charge is 0.496 e. The lowest BCUT2D eigenvalue weighted by Gasteiger charge is -2.17. The molecule has 0 radical (unpaired) electrons.